The maximum absolute atomic E-state index is 6.17. The number of aromatic nitrogens is 3. The SMILES string of the molecule is Cc1ccccc1Oc1cccn2c(C34CCC(C)(CC3)C4)nnc12. The van der Waals surface area contributed by atoms with Crippen LogP contribution in [0.15, 0.2) is 42.6 Å². The van der Waals surface area contributed by atoms with Gasteiger partial charge in [-0.2, -0.15) is 0 Å². The molecule has 5 rings (SSSR count). The number of para-hydroxylation sites is 1. The van der Waals surface area contributed by atoms with E-state index in [1.165, 1.54) is 32.1 Å². The van der Waals surface area contributed by atoms with E-state index in [0.29, 0.717) is 5.41 Å². The van der Waals surface area contributed by atoms with Crippen LogP contribution in [0, 0.1) is 12.3 Å². The number of pyridine rings is 1. The fraction of sp³-hybridized carbons (Fsp3) is 0.429. The van der Waals surface area contributed by atoms with E-state index in [4.69, 9.17) is 4.74 Å². The summed E-state index contributed by atoms with van der Waals surface area (Å²) in [7, 11) is 0. The lowest BCUT2D eigenvalue weighted by molar-refractivity contribution is 0.325. The van der Waals surface area contributed by atoms with Crippen LogP contribution >= 0.6 is 0 Å². The quantitative estimate of drug-likeness (QED) is 0.673. The summed E-state index contributed by atoms with van der Waals surface area (Å²) in [6.07, 6.45) is 8.39. The van der Waals surface area contributed by atoms with Gasteiger partial charge < -0.3 is 4.74 Å². The van der Waals surface area contributed by atoms with Gasteiger partial charge in [0.25, 0.3) is 0 Å². The third kappa shape index (κ3) is 2.20. The highest BCUT2D eigenvalue weighted by molar-refractivity contribution is 5.56. The third-order valence-electron chi connectivity index (χ3n) is 6.37. The van der Waals surface area contributed by atoms with E-state index in [1.54, 1.807) is 0 Å². The smallest absolute Gasteiger partial charge is 0.203 e. The molecule has 0 spiro atoms. The molecular weight excluding hydrogens is 310 g/mol. The average Bonchev–Trinajstić information content (AvgIpc) is 3.28. The van der Waals surface area contributed by atoms with Gasteiger partial charge in [0.15, 0.2) is 5.75 Å². The topological polar surface area (TPSA) is 39.4 Å². The molecule has 2 aliphatic rings. The predicted octanol–water partition coefficient (Wildman–Crippen LogP) is 5.05. The van der Waals surface area contributed by atoms with Crippen molar-refractivity contribution in [3.05, 3.63) is 54.0 Å². The maximum Gasteiger partial charge on any atom is 0.203 e. The fourth-order valence-corrected chi connectivity index (χ4v) is 4.93. The second-order valence-corrected chi connectivity index (χ2v) is 8.22. The molecule has 0 unspecified atom stereocenters. The van der Waals surface area contributed by atoms with E-state index < -0.39 is 0 Å². The summed E-state index contributed by atoms with van der Waals surface area (Å²) >= 11 is 0. The highest BCUT2D eigenvalue weighted by Gasteiger charge is 2.54. The molecule has 2 aromatic heterocycles. The second kappa shape index (κ2) is 5.07. The molecule has 0 N–H and O–H groups in total. The van der Waals surface area contributed by atoms with Crippen LogP contribution in [0.3, 0.4) is 0 Å². The van der Waals surface area contributed by atoms with E-state index in [-0.39, 0.29) is 5.41 Å². The van der Waals surface area contributed by atoms with Crippen molar-refractivity contribution in [2.24, 2.45) is 5.41 Å². The van der Waals surface area contributed by atoms with Crippen LogP contribution in [0.1, 0.15) is 50.4 Å². The molecule has 2 saturated carbocycles. The Labute approximate surface area is 147 Å². The van der Waals surface area contributed by atoms with Crippen LogP contribution in [0.4, 0.5) is 0 Å². The van der Waals surface area contributed by atoms with Gasteiger partial charge in [-0.25, -0.2) is 0 Å². The average molecular weight is 333 g/mol. The molecule has 2 bridgehead atoms. The Morgan fingerprint density at radius 2 is 1.72 bits per heavy atom. The zero-order valence-corrected chi connectivity index (χ0v) is 14.8. The largest absolute Gasteiger partial charge is 0.453 e. The van der Waals surface area contributed by atoms with Gasteiger partial charge in [0.05, 0.1) is 0 Å². The molecule has 0 amide bonds. The van der Waals surface area contributed by atoms with Crippen LogP contribution in [-0.4, -0.2) is 14.6 Å². The number of aryl methyl sites for hydroxylation is 1. The summed E-state index contributed by atoms with van der Waals surface area (Å²) in [4.78, 5) is 0. The normalized spacial score (nSPS) is 27.9. The van der Waals surface area contributed by atoms with Crippen molar-refractivity contribution < 1.29 is 4.74 Å². The van der Waals surface area contributed by atoms with E-state index in [2.05, 4.69) is 40.7 Å². The molecule has 4 nitrogen and oxygen atoms in total. The van der Waals surface area contributed by atoms with Gasteiger partial charge in [-0.05, 0) is 68.2 Å². The molecule has 0 radical (unpaired) electrons. The molecule has 3 aromatic rings. The first-order valence-corrected chi connectivity index (χ1v) is 9.16. The number of rotatable bonds is 3. The highest BCUT2D eigenvalue weighted by atomic mass is 16.5. The van der Waals surface area contributed by atoms with Gasteiger partial charge in [-0.3, -0.25) is 4.40 Å². The number of hydrogen-bond acceptors (Lipinski definition) is 3. The number of benzene rings is 1. The Morgan fingerprint density at radius 1 is 0.960 bits per heavy atom. The van der Waals surface area contributed by atoms with Gasteiger partial charge in [0.2, 0.25) is 5.65 Å². The van der Waals surface area contributed by atoms with E-state index in [1.807, 2.05) is 30.3 Å². The van der Waals surface area contributed by atoms with Crippen LogP contribution in [0.5, 0.6) is 11.5 Å². The Morgan fingerprint density at radius 3 is 2.44 bits per heavy atom. The zero-order chi connectivity index (χ0) is 17.1. The van der Waals surface area contributed by atoms with Gasteiger partial charge in [-0.15, -0.1) is 10.2 Å². The summed E-state index contributed by atoms with van der Waals surface area (Å²) in [5.74, 6) is 2.76. The first-order chi connectivity index (χ1) is 12.1. The van der Waals surface area contributed by atoms with Crippen molar-refractivity contribution >= 4 is 5.65 Å². The lowest BCUT2D eigenvalue weighted by Crippen LogP contribution is -2.23. The van der Waals surface area contributed by atoms with E-state index >= 15 is 0 Å². The molecule has 0 saturated heterocycles. The van der Waals surface area contributed by atoms with Crippen molar-refractivity contribution in [2.75, 3.05) is 0 Å². The number of hydrogen-bond donors (Lipinski definition) is 0. The molecule has 25 heavy (non-hydrogen) atoms. The summed E-state index contributed by atoms with van der Waals surface area (Å²) in [6.45, 7) is 4.49. The summed E-state index contributed by atoms with van der Waals surface area (Å²) in [5.41, 5.74) is 2.64. The van der Waals surface area contributed by atoms with Gasteiger partial charge >= 0.3 is 0 Å². The van der Waals surface area contributed by atoms with Crippen LogP contribution in [0.2, 0.25) is 0 Å². The summed E-state index contributed by atoms with van der Waals surface area (Å²) < 4.78 is 8.33. The number of fused-ring (bicyclic) bond motifs is 3. The van der Waals surface area contributed by atoms with Crippen molar-refractivity contribution in [3.63, 3.8) is 0 Å². The molecular formula is C21H23N3O. The third-order valence-corrected chi connectivity index (χ3v) is 6.37. The minimum Gasteiger partial charge on any atom is -0.453 e. The van der Waals surface area contributed by atoms with Crippen LogP contribution < -0.4 is 4.74 Å². The van der Waals surface area contributed by atoms with Crippen molar-refractivity contribution in [1.29, 1.82) is 0 Å². The molecule has 128 valence electrons. The Kier molecular flexibility index (Phi) is 3.03. The van der Waals surface area contributed by atoms with Crippen LogP contribution in [-0.2, 0) is 5.41 Å². The van der Waals surface area contributed by atoms with E-state index in [0.717, 1.165) is 28.5 Å². The Balaban J connectivity index is 1.58. The minimum absolute atomic E-state index is 0.204. The Bertz CT molecular complexity index is 951. The molecule has 0 aliphatic heterocycles. The van der Waals surface area contributed by atoms with Gasteiger partial charge in [0, 0.05) is 11.6 Å². The molecule has 0 atom stereocenters. The summed E-state index contributed by atoms with van der Waals surface area (Å²) in [6, 6.07) is 12.1. The number of nitrogens with zero attached hydrogens (tertiary/aromatic N) is 3. The van der Waals surface area contributed by atoms with Crippen LogP contribution in [0.25, 0.3) is 5.65 Å². The minimum atomic E-state index is 0.204. The first-order valence-electron chi connectivity index (χ1n) is 9.16. The molecule has 2 heterocycles. The molecule has 1 aromatic carbocycles. The van der Waals surface area contributed by atoms with Crippen molar-refractivity contribution in [2.45, 2.75) is 51.4 Å². The molecule has 4 heteroatoms. The van der Waals surface area contributed by atoms with Crippen molar-refractivity contribution in [1.82, 2.24) is 14.6 Å². The first kappa shape index (κ1) is 14.9. The van der Waals surface area contributed by atoms with Gasteiger partial charge in [-0.1, -0.05) is 25.1 Å². The number of ether oxygens (including phenoxy) is 1. The maximum atomic E-state index is 6.17. The van der Waals surface area contributed by atoms with Gasteiger partial charge in [0.1, 0.15) is 11.6 Å². The molecule has 2 fully saturated rings. The highest BCUT2D eigenvalue weighted by Crippen LogP contribution is 2.61. The zero-order valence-electron chi connectivity index (χ0n) is 14.8. The second-order valence-electron chi connectivity index (χ2n) is 8.22. The standard InChI is InChI=1S/C21H23N3O/c1-15-6-3-4-7-16(15)25-17-8-5-13-24-18(17)22-23-19(24)21-11-9-20(2,14-21)10-12-21/h3-8,13H,9-12,14H2,1-2H3. The lowest BCUT2D eigenvalue weighted by Gasteiger charge is -2.24. The predicted molar refractivity (Wildman–Crippen MR) is 97.1 cm³/mol. The fourth-order valence-electron chi connectivity index (χ4n) is 4.93. The molecule has 2 aliphatic carbocycles. The monoisotopic (exact) mass is 333 g/mol. The van der Waals surface area contributed by atoms with E-state index in [9.17, 15) is 0 Å². The van der Waals surface area contributed by atoms with Crippen molar-refractivity contribution in [3.8, 4) is 11.5 Å². The lowest BCUT2D eigenvalue weighted by atomic mass is 9.82. The Hall–Kier alpha value is -2.36. The summed E-state index contributed by atoms with van der Waals surface area (Å²) in [5, 5.41) is 9.15.